The average Bonchev–Trinajstić information content (AvgIpc) is 2.98. The number of carbonyl (C=O) groups excluding carboxylic acids is 2. The van der Waals surface area contributed by atoms with Crippen molar-refractivity contribution in [3.63, 3.8) is 0 Å². The number of Topliss-reactive ketones (excluding diaryl/α,β-unsaturated/α-hetero) is 1. The predicted molar refractivity (Wildman–Crippen MR) is 110 cm³/mol. The first-order chi connectivity index (χ1) is 14.7. The number of likely N-dealkylation sites (tertiary alicyclic amines) is 1. The summed E-state index contributed by atoms with van der Waals surface area (Å²) in [7, 11) is 0. The van der Waals surface area contributed by atoms with Crippen molar-refractivity contribution in [2.24, 2.45) is 0 Å². The van der Waals surface area contributed by atoms with E-state index in [0.717, 1.165) is 0 Å². The minimum absolute atomic E-state index is 0.0822. The summed E-state index contributed by atoms with van der Waals surface area (Å²) in [5, 5.41) is 21.7. The molecule has 1 N–H and O–H groups in total. The minimum atomic E-state index is -0.952. The number of hydrogen-bond acceptors (Lipinski definition) is 6. The first-order valence-electron chi connectivity index (χ1n) is 9.61. The Morgan fingerprint density at radius 1 is 1.16 bits per heavy atom. The quantitative estimate of drug-likeness (QED) is 0.237. The minimum Gasteiger partial charge on any atom is -0.507 e. The number of nitro benzene ring substituents is 1. The molecule has 2 aromatic rings. The lowest BCUT2D eigenvalue weighted by Crippen LogP contribution is -2.33. The van der Waals surface area contributed by atoms with Gasteiger partial charge < -0.3 is 14.7 Å². The molecule has 0 aliphatic carbocycles. The second kappa shape index (κ2) is 9.05. The Morgan fingerprint density at radius 2 is 1.77 bits per heavy atom. The zero-order chi connectivity index (χ0) is 22.7. The molecule has 0 radical (unpaired) electrons. The molecule has 31 heavy (non-hydrogen) atoms. The van der Waals surface area contributed by atoms with Crippen molar-refractivity contribution >= 4 is 23.1 Å². The summed E-state index contributed by atoms with van der Waals surface area (Å²) in [6, 6.07) is 9.29. The third kappa shape index (κ3) is 4.61. The van der Waals surface area contributed by atoms with Crippen LogP contribution in [0.2, 0.25) is 0 Å². The zero-order valence-electron chi connectivity index (χ0n) is 16.9. The van der Waals surface area contributed by atoms with Crippen LogP contribution in [0, 0.1) is 15.9 Å². The summed E-state index contributed by atoms with van der Waals surface area (Å²) in [6.07, 6.45) is -0.0822. The maximum absolute atomic E-state index is 13.5. The molecule has 0 aromatic heterocycles. The number of nitrogens with zero attached hydrogens (tertiary/aromatic N) is 2. The van der Waals surface area contributed by atoms with Gasteiger partial charge in [-0.2, -0.15) is 0 Å². The van der Waals surface area contributed by atoms with Crippen LogP contribution in [0.5, 0.6) is 0 Å². The fourth-order valence-corrected chi connectivity index (χ4v) is 3.39. The van der Waals surface area contributed by atoms with Crippen LogP contribution in [0.4, 0.5) is 10.1 Å². The number of amides is 1. The first-order valence-corrected chi connectivity index (χ1v) is 9.61. The summed E-state index contributed by atoms with van der Waals surface area (Å²) in [5.74, 6) is -2.66. The van der Waals surface area contributed by atoms with E-state index < -0.39 is 34.2 Å². The largest absolute Gasteiger partial charge is 0.507 e. The van der Waals surface area contributed by atoms with E-state index in [0.29, 0.717) is 5.56 Å². The molecule has 1 atom stereocenters. The van der Waals surface area contributed by atoms with Crippen LogP contribution in [0.25, 0.3) is 5.76 Å². The van der Waals surface area contributed by atoms with Crippen molar-refractivity contribution in [2.75, 3.05) is 13.2 Å². The fourth-order valence-electron chi connectivity index (χ4n) is 3.39. The number of hydrogen-bond donors (Lipinski definition) is 1. The van der Waals surface area contributed by atoms with Crippen molar-refractivity contribution in [3.05, 3.63) is 81.2 Å². The van der Waals surface area contributed by atoms with Gasteiger partial charge in [0, 0.05) is 24.2 Å². The zero-order valence-corrected chi connectivity index (χ0v) is 16.9. The second-order valence-corrected chi connectivity index (χ2v) is 7.27. The Labute approximate surface area is 177 Å². The van der Waals surface area contributed by atoms with Crippen molar-refractivity contribution in [1.29, 1.82) is 0 Å². The van der Waals surface area contributed by atoms with E-state index in [4.69, 9.17) is 4.74 Å². The van der Waals surface area contributed by atoms with E-state index in [2.05, 4.69) is 0 Å². The number of benzene rings is 2. The molecule has 1 amide bonds. The smallest absolute Gasteiger partial charge is 0.295 e. The van der Waals surface area contributed by atoms with Crippen molar-refractivity contribution in [3.8, 4) is 0 Å². The van der Waals surface area contributed by atoms with E-state index in [-0.39, 0.29) is 36.1 Å². The Bertz CT molecular complexity index is 1030. The first kappa shape index (κ1) is 22.1. The lowest BCUT2D eigenvalue weighted by atomic mass is 9.95. The third-order valence-electron chi connectivity index (χ3n) is 4.86. The van der Waals surface area contributed by atoms with Gasteiger partial charge in [0.15, 0.2) is 0 Å². The van der Waals surface area contributed by atoms with Gasteiger partial charge in [-0.05, 0) is 43.7 Å². The van der Waals surface area contributed by atoms with Crippen molar-refractivity contribution in [2.45, 2.75) is 26.0 Å². The summed E-state index contributed by atoms with van der Waals surface area (Å²) < 4.78 is 19.0. The molecule has 1 heterocycles. The van der Waals surface area contributed by atoms with Crippen molar-refractivity contribution in [1.82, 2.24) is 4.90 Å². The number of nitro groups is 1. The Hall–Kier alpha value is -3.59. The molecule has 1 saturated heterocycles. The molecule has 3 rings (SSSR count). The van der Waals surface area contributed by atoms with Gasteiger partial charge in [-0.1, -0.05) is 12.1 Å². The maximum Gasteiger partial charge on any atom is 0.295 e. The van der Waals surface area contributed by atoms with Gasteiger partial charge >= 0.3 is 0 Å². The number of ether oxygens (including phenoxy) is 1. The van der Waals surface area contributed by atoms with Crippen molar-refractivity contribution < 1.29 is 28.7 Å². The molecule has 0 saturated carbocycles. The van der Waals surface area contributed by atoms with E-state index in [9.17, 15) is 29.2 Å². The Morgan fingerprint density at radius 3 is 2.32 bits per heavy atom. The highest BCUT2D eigenvalue weighted by molar-refractivity contribution is 6.46. The second-order valence-electron chi connectivity index (χ2n) is 7.27. The summed E-state index contributed by atoms with van der Waals surface area (Å²) in [6.45, 7) is 3.92. The highest BCUT2D eigenvalue weighted by Crippen LogP contribution is 2.39. The van der Waals surface area contributed by atoms with Gasteiger partial charge in [0.2, 0.25) is 0 Å². The highest BCUT2D eigenvalue weighted by atomic mass is 19.1. The molecule has 2 aromatic carbocycles. The van der Waals surface area contributed by atoms with E-state index in [1.165, 1.54) is 53.4 Å². The van der Waals surface area contributed by atoms with Crippen LogP contribution in [-0.4, -0.2) is 45.9 Å². The third-order valence-corrected chi connectivity index (χ3v) is 4.86. The van der Waals surface area contributed by atoms with E-state index in [1.54, 1.807) is 0 Å². The van der Waals surface area contributed by atoms with Crippen LogP contribution in [-0.2, 0) is 14.3 Å². The topological polar surface area (TPSA) is 110 Å². The lowest BCUT2D eigenvalue weighted by molar-refractivity contribution is -0.384. The van der Waals surface area contributed by atoms with Gasteiger partial charge in [-0.15, -0.1) is 0 Å². The monoisotopic (exact) mass is 428 g/mol. The molecule has 1 unspecified atom stereocenters. The molecule has 1 fully saturated rings. The predicted octanol–water partition coefficient (Wildman–Crippen LogP) is 3.58. The molecule has 9 heteroatoms. The molecule has 0 spiro atoms. The summed E-state index contributed by atoms with van der Waals surface area (Å²) >= 11 is 0. The maximum atomic E-state index is 13.5. The van der Waals surface area contributed by atoms with Gasteiger partial charge in [-0.25, -0.2) is 4.39 Å². The standard InChI is InChI=1S/C22H21FN2O6/c1-13(2)31-12-11-24-19(14-3-7-16(23)8-4-14)18(21(27)22(24)28)20(26)15-5-9-17(10-6-15)25(29)30/h3-10,13,19,26H,11-12H2,1-2H3/b20-18-. The fraction of sp³-hybridized carbons (Fsp3) is 0.273. The summed E-state index contributed by atoms with van der Waals surface area (Å²) in [5.41, 5.74) is 0.232. The summed E-state index contributed by atoms with van der Waals surface area (Å²) in [4.78, 5) is 37.1. The molecule has 8 nitrogen and oxygen atoms in total. The number of aliphatic hydroxyl groups excluding tert-OH is 1. The molecule has 0 bridgehead atoms. The lowest BCUT2D eigenvalue weighted by Gasteiger charge is -2.25. The van der Waals surface area contributed by atoms with Crippen LogP contribution < -0.4 is 0 Å². The van der Waals surface area contributed by atoms with Gasteiger partial charge in [-0.3, -0.25) is 19.7 Å². The number of rotatable bonds is 7. The van der Waals surface area contributed by atoms with Crippen LogP contribution in [0.15, 0.2) is 54.1 Å². The van der Waals surface area contributed by atoms with E-state index >= 15 is 0 Å². The normalized spacial score (nSPS) is 18.1. The molecule has 1 aliphatic rings. The molecular formula is C22H21FN2O6. The Balaban J connectivity index is 2.07. The molecule has 1 aliphatic heterocycles. The van der Waals surface area contributed by atoms with Crippen LogP contribution >= 0.6 is 0 Å². The van der Waals surface area contributed by atoms with Crippen LogP contribution in [0.1, 0.15) is 31.0 Å². The van der Waals surface area contributed by atoms with Gasteiger partial charge in [0.1, 0.15) is 11.6 Å². The molecule has 162 valence electrons. The number of carbonyl (C=O) groups is 2. The number of non-ortho nitro benzene ring substituents is 1. The van der Waals surface area contributed by atoms with E-state index in [1.807, 2.05) is 13.8 Å². The number of aliphatic hydroxyl groups is 1. The number of halogens is 1. The van der Waals surface area contributed by atoms with Gasteiger partial charge in [0.25, 0.3) is 17.4 Å². The number of ketones is 1. The average molecular weight is 428 g/mol. The van der Waals surface area contributed by atoms with Gasteiger partial charge in [0.05, 0.1) is 29.2 Å². The van der Waals surface area contributed by atoms with Crippen LogP contribution in [0.3, 0.4) is 0 Å². The Kier molecular flexibility index (Phi) is 6.45. The molecular weight excluding hydrogens is 407 g/mol. The SMILES string of the molecule is CC(C)OCCN1C(=O)C(=O)/C(=C(\O)c2ccc([N+](=O)[O-])cc2)C1c1ccc(F)cc1. The highest BCUT2D eigenvalue weighted by Gasteiger charge is 2.45.